The number of thiazole rings is 1. The standard InChI is InChI=1S/C26H17BrN2O2S/c1-16-11-13-17(14-12-16)23(30)22-25(28-24(31)18-7-3-2-4-8-18)32-26-20-10-6-5-9-19(20)21(27)15-29(22)26/h2-15H,1H3/p+1. The van der Waals surface area contributed by atoms with Gasteiger partial charge in [-0.15, -0.1) is 4.40 Å². The van der Waals surface area contributed by atoms with E-state index in [9.17, 15) is 9.59 Å². The number of nitrogens with one attached hydrogen (secondary N) is 1. The highest BCUT2D eigenvalue weighted by molar-refractivity contribution is 9.10. The van der Waals surface area contributed by atoms with E-state index in [4.69, 9.17) is 0 Å². The highest BCUT2D eigenvalue weighted by Crippen LogP contribution is 2.34. The van der Waals surface area contributed by atoms with E-state index in [1.807, 2.05) is 84.3 Å². The number of hydrogen-bond donors (Lipinski definition) is 1. The highest BCUT2D eigenvalue weighted by Gasteiger charge is 2.32. The van der Waals surface area contributed by atoms with Gasteiger partial charge in [0, 0.05) is 16.5 Å². The van der Waals surface area contributed by atoms with Gasteiger partial charge in [-0.25, -0.2) is 0 Å². The number of halogens is 1. The first kappa shape index (κ1) is 20.5. The molecule has 5 aromatic rings. The highest BCUT2D eigenvalue weighted by atomic mass is 79.9. The maximum Gasteiger partial charge on any atom is 0.294 e. The number of rotatable bonds is 4. The zero-order valence-corrected chi connectivity index (χ0v) is 19.5. The number of benzene rings is 3. The van der Waals surface area contributed by atoms with Crippen LogP contribution in [0.2, 0.25) is 0 Å². The number of pyridine rings is 1. The van der Waals surface area contributed by atoms with E-state index < -0.39 is 0 Å². The molecule has 3 aromatic carbocycles. The molecule has 1 amide bonds. The number of carbonyl (C=O) groups is 2. The monoisotopic (exact) mass is 501 g/mol. The molecule has 0 unspecified atom stereocenters. The van der Waals surface area contributed by atoms with Crippen LogP contribution in [0.4, 0.5) is 5.00 Å². The fourth-order valence-electron chi connectivity index (χ4n) is 3.68. The van der Waals surface area contributed by atoms with Crippen LogP contribution in [0.25, 0.3) is 15.6 Å². The molecule has 2 heterocycles. The van der Waals surface area contributed by atoms with Gasteiger partial charge in [-0.05, 0) is 52.4 Å². The minimum absolute atomic E-state index is 0.146. The number of hydrogen-bond acceptors (Lipinski definition) is 3. The third kappa shape index (κ3) is 3.61. The summed E-state index contributed by atoms with van der Waals surface area (Å²) in [5.41, 5.74) is 2.62. The largest absolute Gasteiger partial charge is 0.308 e. The molecule has 2 aromatic heterocycles. The molecule has 1 N–H and O–H groups in total. The van der Waals surface area contributed by atoms with E-state index in [1.54, 1.807) is 12.1 Å². The molecular formula is C26H18BrN2O2S+. The molecule has 0 atom stereocenters. The van der Waals surface area contributed by atoms with Gasteiger partial charge in [-0.1, -0.05) is 66.2 Å². The molecule has 0 aliphatic rings. The summed E-state index contributed by atoms with van der Waals surface area (Å²) in [6.07, 6.45) is 1.90. The summed E-state index contributed by atoms with van der Waals surface area (Å²) >= 11 is 5.05. The second-order valence-corrected chi connectivity index (χ2v) is 9.35. The molecule has 0 radical (unpaired) electrons. The van der Waals surface area contributed by atoms with Crippen LogP contribution in [0.3, 0.4) is 0 Å². The molecule has 0 aliphatic heterocycles. The number of fused-ring (bicyclic) bond motifs is 3. The van der Waals surface area contributed by atoms with Crippen molar-refractivity contribution < 1.29 is 14.0 Å². The minimum Gasteiger partial charge on any atom is -0.308 e. The Morgan fingerprint density at radius 3 is 2.22 bits per heavy atom. The first-order valence-electron chi connectivity index (χ1n) is 10.1. The van der Waals surface area contributed by atoms with E-state index in [2.05, 4.69) is 21.2 Å². The fraction of sp³-hybridized carbons (Fsp3) is 0.0385. The van der Waals surface area contributed by atoms with Crippen molar-refractivity contribution in [2.24, 2.45) is 0 Å². The predicted molar refractivity (Wildman–Crippen MR) is 132 cm³/mol. The maximum atomic E-state index is 13.6. The number of ketones is 1. The lowest BCUT2D eigenvalue weighted by atomic mass is 10.1. The van der Waals surface area contributed by atoms with Crippen LogP contribution in [0.1, 0.15) is 32.0 Å². The number of nitrogens with zero attached hydrogens (tertiary/aromatic N) is 1. The van der Waals surface area contributed by atoms with Crippen molar-refractivity contribution in [2.45, 2.75) is 6.92 Å². The lowest BCUT2D eigenvalue weighted by Crippen LogP contribution is -2.29. The normalized spacial score (nSPS) is 11.1. The quantitative estimate of drug-likeness (QED) is 0.235. The number of amides is 1. The molecule has 0 saturated carbocycles. The lowest BCUT2D eigenvalue weighted by Gasteiger charge is -2.03. The molecule has 0 fully saturated rings. The van der Waals surface area contributed by atoms with Gasteiger partial charge >= 0.3 is 0 Å². The van der Waals surface area contributed by atoms with Gasteiger partial charge in [0.25, 0.3) is 22.2 Å². The lowest BCUT2D eigenvalue weighted by molar-refractivity contribution is -0.508. The number of carbonyl (C=O) groups excluding carboxylic acids is 2. The zero-order valence-electron chi connectivity index (χ0n) is 17.1. The second-order valence-electron chi connectivity index (χ2n) is 7.49. The third-order valence-corrected chi connectivity index (χ3v) is 7.06. The first-order valence-corrected chi connectivity index (χ1v) is 11.7. The van der Waals surface area contributed by atoms with Crippen LogP contribution in [0, 0.1) is 6.92 Å². The molecule has 0 bridgehead atoms. The van der Waals surface area contributed by atoms with E-state index in [0.29, 0.717) is 21.8 Å². The van der Waals surface area contributed by atoms with Crippen LogP contribution < -0.4 is 9.72 Å². The number of anilines is 1. The van der Waals surface area contributed by atoms with E-state index >= 15 is 0 Å². The summed E-state index contributed by atoms with van der Waals surface area (Å²) in [5.74, 6) is -0.397. The van der Waals surface area contributed by atoms with Gasteiger partial charge in [0.15, 0.2) is 11.2 Å². The Labute approximate surface area is 197 Å². The molecule has 32 heavy (non-hydrogen) atoms. The topological polar surface area (TPSA) is 50.3 Å². The second kappa shape index (κ2) is 8.30. The Morgan fingerprint density at radius 2 is 1.50 bits per heavy atom. The van der Waals surface area contributed by atoms with Crippen molar-refractivity contribution in [2.75, 3.05) is 5.32 Å². The van der Waals surface area contributed by atoms with Crippen molar-refractivity contribution in [3.63, 3.8) is 0 Å². The maximum absolute atomic E-state index is 13.6. The van der Waals surface area contributed by atoms with Gasteiger partial charge < -0.3 is 5.32 Å². The number of aryl methyl sites for hydroxylation is 1. The van der Waals surface area contributed by atoms with Crippen molar-refractivity contribution in [1.82, 2.24) is 0 Å². The van der Waals surface area contributed by atoms with Crippen LogP contribution >= 0.6 is 27.3 Å². The Balaban J connectivity index is 1.73. The summed E-state index contributed by atoms with van der Waals surface area (Å²) in [4.78, 5) is 27.5. The van der Waals surface area contributed by atoms with Gasteiger partial charge in [-0.2, -0.15) is 0 Å². The average Bonchev–Trinajstić information content (AvgIpc) is 3.17. The Bertz CT molecular complexity index is 1490. The van der Waals surface area contributed by atoms with Crippen LogP contribution in [0.15, 0.2) is 89.5 Å². The smallest absolute Gasteiger partial charge is 0.294 e. The Morgan fingerprint density at radius 1 is 0.844 bits per heavy atom. The summed E-state index contributed by atoms with van der Waals surface area (Å²) in [6.45, 7) is 1.98. The molecule has 4 nitrogen and oxygen atoms in total. The van der Waals surface area contributed by atoms with Gasteiger partial charge in [0.05, 0.1) is 9.86 Å². The van der Waals surface area contributed by atoms with Gasteiger partial charge in [0.2, 0.25) is 0 Å². The van der Waals surface area contributed by atoms with E-state index in [1.165, 1.54) is 11.3 Å². The summed E-state index contributed by atoms with van der Waals surface area (Å²) in [6, 6.07) is 24.5. The Hall–Kier alpha value is -3.35. The average molecular weight is 502 g/mol. The molecule has 0 spiro atoms. The molecule has 0 saturated heterocycles. The fourth-order valence-corrected chi connectivity index (χ4v) is 5.38. The summed E-state index contributed by atoms with van der Waals surface area (Å²) < 4.78 is 2.75. The van der Waals surface area contributed by atoms with Crippen molar-refractivity contribution >= 4 is 59.6 Å². The van der Waals surface area contributed by atoms with Gasteiger partial charge in [-0.3, -0.25) is 9.59 Å². The molecule has 156 valence electrons. The van der Waals surface area contributed by atoms with Crippen molar-refractivity contribution in [1.29, 1.82) is 0 Å². The van der Waals surface area contributed by atoms with Gasteiger partial charge in [0.1, 0.15) is 0 Å². The molecule has 6 heteroatoms. The minimum atomic E-state index is -0.251. The van der Waals surface area contributed by atoms with E-state index in [0.717, 1.165) is 25.6 Å². The van der Waals surface area contributed by atoms with Crippen LogP contribution in [-0.2, 0) is 0 Å². The zero-order chi connectivity index (χ0) is 22.2. The van der Waals surface area contributed by atoms with Crippen molar-refractivity contribution in [3.05, 3.63) is 112 Å². The molecule has 0 aliphatic carbocycles. The summed E-state index contributed by atoms with van der Waals surface area (Å²) in [7, 11) is 0. The van der Waals surface area contributed by atoms with Crippen LogP contribution in [0.5, 0.6) is 0 Å². The van der Waals surface area contributed by atoms with Crippen LogP contribution in [-0.4, -0.2) is 11.7 Å². The molecular weight excluding hydrogens is 484 g/mol. The Kier molecular flexibility index (Phi) is 5.33. The first-order chi connectivity index (χ1) is 15.5. The van der Waals surface area contributed by atoms with E-state index in [-0.39, 0.29) is 11.7 Å². The predicted octanol–water partition coefficient (Wildman–Crippen LogP) is 6.19. The molecule has 5 rings (SSSR count). The van der Waals surface area contributed by atoms with Crippen molar-refractivity contribution in [3.8, 4) is 0 Å². The third-order valence-electron chi connectivity index (χ3n) is 5.32. The number of aromatic nitrogens is 1. The summed E-state index contributed by atoms with van der Waals surface area (Å²) in [5, 5.41) is 5.56. The SMILES string of the molecule is Cc1ccc(C(=O)c2c(NC(=O)c3ccccc3)sc3c4ccccc4c(Br)c[n+]23)cc1.